The van der Waals surface area contributed by atoms with Crippen molar-refractivity contribution in [2.45, 2.75) is 6.42 Å². The molecule has 1 aromatic heterocycles. The van der Waals surface area contributed by atoms with Gasteiger partial charge in [0.25, 0.3) is 11.6 Å². The number of hydrogen-bond acceptors (Lipinski definition) is 6. The van der Waals surface area contributed by atoms with E-state index in [-0.39, 0.29) is 16.8 Å². The molecule has 9 heteroatoms. The van der Waals surface area contributed by atoms with Crippen molar-refractivity contribution < 1.29 is 19.6 Å². The molecule has 0 saturated heterocycles. The van der Waals surface area contributed by atoms with Gasteiger partial charge in [0, 0.05) is 36.0 Å². The van der Waals surface area contributed by atoms with Crippen LogP contribution in [0.25, 0.3) is 11.3 Å². The van der Waals surface area contributed by atoms with Crippen LogP contribution in [0.1, 0.15) is 25.7 Å². The maximum Gasteiger partial charge on any atom is 0.336 e. The molecule has 0 radical (unpaired) electrons. The Bertz CT molecular complexity index is 1030. The number of hydrogen-bond donors (Lipinski definition) is 2. The fourth-order valence-electron chi connectivity index (χ4n) is 2.56. The maximum absolute atomic E-state index is 12.2. The molecule has 0 aliphatic heterocycles. The van der Waals surface area contributed by atoms with Crippen molar-refractivity contribution >= 4 is 28.9 Å². The maximum atomic E-state index is 12.2. The first-order valence-electron chi connectivity index (χ1n) is 8.25. The Morgan fingerprint density at radius 1 is 1.11 bits per heavy atom. The van der Waals surface area contributed by atoms with E-state index in [4.69, 9.17) is 5.11 Å². The molecule has 1 heterocycles. The normalized spacial score (nSPS) is 10.4. The summed E-state index contributed by atoms with van der Waals surface area (Å²) in [5.41, 5.74) is 1.56. The molecule has 0 spiro atoms. The summed E-state index contributed by atoms with van der Waals surface area (Å²) < 4.78 is 0. The number of nitro benzene ring substituents is 1. The van der Waals surface area contributed by atoms with E-state index in [0.717, 1.165) is 10.6 Å². The van der Waals surface area contributed by atoms with Gasteiger partial charge in [0.15, 0.2) is 0 Å². The zero-order chi connectivity index (χ0) is 20.1. The predicted octanol–water partition coefficient (Wildman–Crippen LogP) is 3.39. The Hall–Kier alpha value is -3.59. The minimum atomic E-state index is -1.15. The van der Waals surface area contributed by atoms with Crippen LogP contribution in [0.2, 0.25) is 0 Å². The molecule has 28 heavy (non-hydrogen) atoms. The summed E-state index contributed by atoms with van der Waals surface area (Å²) in [5.74, 6) is -1.61. The van der Waals surface area contributed by atoms with Crippen LogP contribution in [0, 0.1) is 10.1 Å². The number of carboxylic acids is 1. The fraction of sp³-hybridized carbons (Fsp3) is 0.105. The number of nitrogens with zero attached hydrogens (tertiary/aromatic N) is 2. The lowest BCUT2D eigenvalue weighted by atomic mass is 10.1. The highest BCUT2D eigenvalue weighted by Gasteiger charge is 2.15. The number of non-ortho nitro benzene ring substituents is 1. The number of carbonyl (C=O) groups is 2. The van der Waals surface area contributed by atoms with Crippen LogP contribution < -0.4 is 5.32 Å². The smallest absolute Gasteiger partial charge is 0.336 e. The summed E-state index contributed by atoms with van der Waals surface area (Å²) in [6, 6.07) is 12.2. The minimum Gasteiger partial charge on any atom is -0.478 e. The van der Waals surface area contributed by atoms with Gasteiger partial charge in [-0.25, -0.2) is 9.78 Å². The summed E-state index contributed by atoms with van der Waals surface area (Å²) in [7, 11) is 0. The number of benzene rings is 2. The molecule has 2 aromatic carbocycles. The molecule has 8 nitrogen and oxygen atoms in total. The topological polar surface area (TPSA) is 122 Å². The van der Waals surface area contributed by atoms with E-state index in [9.17, 15) is 19.7 Å². The summed E-state index contributed by atoms with van der Waals surface area (Å²) in [6.45, 7) is 0.306. The van der Waals surface area contributed by atoms with Crippen molar-refractivity contribution in [2.24, 2.45) is 0 Å². The SMILES string of the molecule is O=C(O)c1ccccc1C(=O)NCCc1nc(-c2ccc([N+](=O)[O-])cc2)cs1. The zero-order valence-corrected chi connectivity index (χ0v) is 15.3. The number of amides is 1. The first kappa shape index (κ1) is 19.2. The summed E-state index contributed by atoms with van der Waals surface area (Å²) in [6.07, 6.45) is 0.485. The van der Waals surface area contributed by atoms with Gasteiger partial charge in [0.05, 0.1) is 26.8 Å². The highest BCUT2D eigenvalue weighted by Crippen LogP contribution is 2.24. The van der Waals surface area contributed by atoms with Gasteiger partial charge in [-0.3, -0.25) is 14.9 Å². The molecule has 0 aliphatic rings. The molecule has 1 amide bonds. The van der Waals surface area contributed by atoms with Crippen LogP contribution in [0.5, 0.6) is 0 Å². The first-order valence-corrected chi connectivity index (χ1v) is 9.13. The van der Waals surface area contributed by atoms with Gasteiger partial charge in [-0.2, -0.15) is 0 Å². The largest absolute Gasteiger partial charge is 0.478 e. The second-order valence-corrected chi connectivity index (χ2v) is 6.73. The van der Waals surface area contributed by atoms with E-state index in [0.29, 0.717) is 18.7 Å². The van der Waals surface area contributed by atoms with Gasteiger partial charge < -0.3 is 10.4 Å². The average molecular weight is 397 g/mol. The second kappa shape index (κ2) is 8.40. The fourth-order valence-corrected chi connectivity index (χ4v) is 3.37. The molecule has 3 rings (SSSR count). The number of nitrogens with one attached hydrogen (secondary N) is 1. The number of thiazole rings is 1. The molecular formula is C19H15N3O5S. The quantitative estimate of drug-likeness (QED) is 0.465. The highest BCUT2D eigenvalue weighted by atomic mass is 32.1. The van der Waals surface area contributed by atoms with Crippen LogP contribution in [0.4, 0.5) is 5.69 Å². The molecular weight excluding hydrogens is 382 g/mol. The zero-order valence-electron chi connectivity index (χ0n) is 14.5. The Labute approximate surface area is 163 Å². The van der Waals surface area contributed by atoms with Crippen LogP contribution in [0.15, 0.2) is 53.9 Å². The number of carbonyl (C=O) groups excluding carboxylic acids is 1. The molecule has 0 fully saturated rings. The standard InChI is InChI=1S/C19H15N3O5S/c23-18(14-3-1-2-4-15(14)19(24)25)20-10-9-17-21-16(11-28-17)12-5-7-13(8-6-12)22(26)27/h1-8,11H,9-10H2,(H,20,23)(H,24,25). The van der Waals surface area contributed by atoms with Crippen molar-refractivity contribution in [1.82, 2.24) is 10.3 Å². The molecule has 0 saturated carbocycles. The van der Waals surface area contributed by atoms with Crippen LogP contribution in [0.3, 0.4) is 0 Å². The summed E-state index contributed by atoms with van der Waals surface area (Å²) in [5, 5.41) is 25.2. The Kier molecular flexibility index (Phi) is 5.75. The Morgan fingerprint density at radius 2 is 1.79 bits per heavy atom. The van der Waals surface area contributed by atoms with E-state index in [1.165, 1.54) is 35.6 Å². The number of carboxylic acid groups (broad SMARTS) is 1. The van der Waals surface area contributed by atoms with E-state index in [1.54, 1.807) is 24.3 Å². The Morgan fingerprint density at radius 3 is 2.43 bits per heavy atom. The van der Waals surface area contributed by atoms with Gasteiger partial charge in [-0.15, -0.1) is 11.3 Å². The van der Waals surface area contributed by atoms with E-state index in [2.05, 4.69) is 10.3 Å². The molecule has 142 valence electrons. The lowest BCUT2D eigenvalue weighted by Gasteiger charge is -2.06. The van der Waals surface area contributed by atoms with E-state index < -0.39 is 16.8 Å². The minimum absolute atomic E-state index is 0.0172. The molecule has 2 N–H and O–H groups in total. The molecule has 0 unspecified atom stereocenters. The number of nitro groups is 1. The molecule has 3 aromatic rings. The predicted molar refractivity (Wildman–Crippen MR) is 104 cm³/mol. The number of rotatable bonds is 7. The van der Waals surface area contributed by atoms with Crippen molar-refractivity contribution in [1.29, 1.82) is 0 Å². The van der Waals surface area contributed by atoms with Crippen molar-refractivity contribution in [2.75, 3.05) is 6.54 Å². The van der Waals surface area contributed by atoms with Crippen LogP contribution in [-0.2, 0) is 6.42 Å². The lowest BCUT2D eigenvalue weighted by molar-refractivity contribution is -0.384. The molecule has 0 atom stereocenters. The average Bonchev–Trinajstić information content (AvgIpc) is 3.17. The lowest BCUT2D eigenvalue weighted by Crippen LogP contribution is -2.27. The van der Waals surface area contributed by atoms with Crippen molar-refractivity contribution in [3.63, 3.8) is 0 Å². The van der Waals surface area contributed by atoms with Gasteiger partial charge in [0.2, 0.25) is 0 Å². The highest BCUT2D eigenvalue weighted by molar-refractivity contribution is 7.09. The third-order valence-corrected chi connectivity index (χ3v) is 4.86. The van der Waals surface area contributed by atoms with Gasteiger partial charge in [-0.1, -0.05) is 12.1 Å². The van der Waals surface area contributed by atoms with E-state index in [1.807, 2.05) is 5.38 Å². The monoisotopic (exact) mass is 397 g/mol. The third kappa shape index (κ3) is 4.38. The third-order valence-electron chi connectivity index (χ3n) is 3.95. The van der Waals surface area contributed by atoms with Crippen molar-refractivity contribution in [3.8, 4) is 11.3 Å². The number of aromatic nitrogens is 1. The second-order valence-electron chi connectivity index (χ2n) is 5.79. The van der Waals surface area contributed by atoms with Crippen LogP contribution >= 0.6 is 11.3 Å². The molecule has 0 aliphatic carbocycles. The first-order chi connectivity index (χ1) is 13.5. The van der Waals surface area contributed by atoms with Gasteiger partial charge >= 0.3 is 5.97 Å². The Balaban J connectivity index is 1.60. The van der Waals surface area contributed by atoms with Crippen molar-refractivity contribution in [3.05, 3.63) is 80.2 Å². The summed E-state index contributed by atoms with van der Waals surface area (Å²) in [4.78, 5) is 38.1. The van der Waals surface area contributed by atoms with Crippen LogP contribution in [-0.4, -0.2) is 33.4 Å². The molecule has 0 bridgehead atoms. The number of aromatic carboxylic acids is 1. The van der Waals surface area contributed by atoms with Gasteiger partial charge in [-0.05, 0) is 24.3 Å². The van der Waals surface area contributed by atoms with Gasteiger partial charge in [0.1, 0.15) is 0 Å². The van der Waals surface area contributed by atoms with E-state index >= 15 is 0 Å². The summed E-state index contributed by atoms with van der Waals surface area (Å²) >= 11 is 1.42.